The molecule has 25 heavy (non-hydrogen) atoms. The molecule has 0 aromatic carbocycles. The molecule has 1 aromatic rings. The Labute approximate surface area is 150 Å². The fourth-order valence-electron chi connectivity index (χ4n) is 3.85. The minimum Gasteiger partial charge on any atom is -0.379 e. The van der Waals surface area contributed by atoms with Gasteiger partial charge in [0.15, 0.2) is 0 Å². The molecule has 2 atom stereocenters. The maximum absolute atomic E-state index is 12.8. The highest BCUT2D eigenvalue weighted by atomic mass is 16.5. The first kappa shape index (κ1) is 18.3. The number of hydrogen-bond donors (Lipinski definition) is 0. The lowest BCUT2D eigenvalue weighted by Crippen LogP contribution is -2.58. The van der Waals surface area contributed by atoms with Crippen LogP contribution in [0.5, 0.6) is 0 Å². The summed E-state index contributed by atoms with van der Waals surface area (Å²) in [5.41, 5.74) is 0.425. The number of piperidine rings is 1. The van der Waals surface area contributed by atoms with Crippen molar-refractivity contribution in [3.63, 3.8) is 0 Å². The van der Waals surface area contributed by atoms with Crippen molar-refractivity contribution in [3.05, 3.63) is 30.1 Å². The molecule has 0 unspecified atom stereocenters. The molecule has 0 N–H and O–H groups in total. The molecule has 0 aliphatic carbocycles. The van der Waals surface area contributed by atoms with Gasteiger partial charge in [0.25, 0.3) is 5.91 Å². The van der Waals surface area contributed by atoms with Crippen LogP contribution in [0.1, 0.15) is 29.8 Å². The van der Waals surface area contributed by atoms with Crippen molar-refractivity contribution >= 4 is 5.91 Å². The van der Waals surface area contributed by atoms with Gasteiger partial charge in [0.05, 0.1) is 19.3 Å². The van der Waals surface area contributed by atoms with E-state index < -0.39 is 0 Å². The van der Waals surface area contributed by atoms with E-state index in [9.17, 15) is 4.79 Å². The first-order valence-electron chi connectivity index (χ1n) is 9.15. The lowest BCUT2D eigenvalue weighted by molar-refractivity contribution is -0.147. The Hall–Kier alpha value is -1.50. The second kappa shape index (κ2) is 8.25. The number of hydrogen-bond acceptors (Lipinski definition) is 5. The molecule has 2 saturated heterocycles. The summed E-state index contributed by atoms with van der Waals surface area (Å²) in [4.78, 5) is 21.1. The van der Waals surface area contributed by atoms with Crippen molar-refractivity contribution in [2.24, 2.45) is 5.41 Å². The summed E-state index contributed by atoms with van der Waals surface area (Å²) in [7, 11) is 4.09. The Morgan fingerprint density at radius 2 is 2.36 bits per heavy atom. The molecule has 2 fully saturated rings. The average molecular weight is 347 g/mol. The van der Waals surface area contributed by atoms with E-state index >= 15 is 0 Å². The molecule has 138 valence electrons. The molecular weight excluding hydrogens is 318 g/mol. The van der Waals surface area contributed by atoms with Crippen LogP contribution < -0.4 is 0 Å². The summed E-state index contributed by atoms with van der Waals surface area (Å²) in [5, 5.41) is 0. The molecule has 1 aromatic heterocycles. The van der Waals surface area contributed by atoms with Gasteiger partial charge in [0.1, 0.15) is 5.69 Å². The van der Waals surface area contributed by atoms with Gasteiger partial charge in [-0.1, -0.05) is 6.07 Å². The van der Waals surface area contributed by atoms with Crippen LogP contribution in [-0.2, 0) is 9.47 Å². The molecular formula is C19H29N3O3. The molecule has 2 aliphatic rings. The minimum atomic E-state index is -0.0900. The lowest BCUT2D eigenvalue weighted by atomic mass is 9.73. The standard InChI is InChI=1S/C19H29N3O3/c1-21(2)11-13-24-15-19-8-5-12-25-17(19)7-10-22(14-19)18(23)16-6-3-4-9-20-16/h3-4,6,9,17H,5,7-8,10-15H2,1-2H3/t17-,19-/m1/s1. The van der Waals surface area contributed by atoms with Crippen molar-refractivity contribution in [2.75, 3.05) is 53.6 Å². The molecule has 6 nitrogen and oxygen atoms in total. The predicted molar refractivity (Wildman–Crippen MR) is 95.5 cm³/mol. The number of ether oxygens (including phenoxy) is 2. The first-order chi connectivity index (χ1) is 12.1. The van der Waals surface area contributed by atoms with Gasteiger partial charge < -0.3 is 19.3 Å². The summed E-state index contributed by atoms with van der Waals surface area (Å²) in [5.74, 6) is 0.0114. The second-order valence-corrected chi connectivity index (χ2v) is 7.41. The summed E-state index contributed by atoms with van der Waals surface area (Å²) in [6, 6.07) is 5.47. The second-order valence-electron chi connectivity index (χ2n) is 7.41. The highest BCUT2D eigenvalue weighted by molar-refractivity contribution is 5.92. The van der Waals surface area contributed by atoms with E-state index in [1.807, 2.05) is 31.1 Å². The first-order valence-corrected chi connectivity index (χ1v) is 9.15. The van der Waals surface area contributed by atoms with Crippen LogP contribution in [-0.4, -0.2) is 80.3 Å². The normalized spacial score (nSPS) is 26.5. The number of amides is 1. The van der Waals surface area contributed by atoms with Crippen LogP contribution in [0.4, 0.5) is 0 Å². The van der Waals surface area contributed by atoms with Gasteiger partial charge in [-0.2, -0.15) is 0 Å². The quantitative estimate of drug-likeness (QED) is 0.733. The molecule has 0 bridgehead atoms. The van der Waals surface area contributed by atoms with E-state index in [-0.39, 0.29) is 17.4 Å². The zero-order chi connectivity index (χ0) is 17.7. The Bertz CT molecular complexity index is 566. The molecule has 0 radical (unpaired) electrons. The van der Waals surface area contributed by atoms with Crippen molar-refractivity contribution in [3.8, 4) is 0 Å². The van der Waals surface area contributed by atoms with Crippen molar-refractivity contribution < 1.29 is 14.3 Å². The SMILES string of the molecule is CN(C)CCOC[C@]12CCCO[C@@H]1CCN(C(=O)c1ccccn1)C2. The van der Waals surface area contributed by atoms with E-state index in [4.69, 9.17) is 9.47 Å². The monoisotopic (exact) mass is 347 g/mol. The zero-order valence-electron chi connectivity index (χ0n) is 15.3. The minimum absolute atomic E-state index is 0.0114. The number of likely N-dealkylation sites (N-methyl/N-ethyl adjacent to an activating group) is 1. The van der Waals surface area contributed by atoms with Gasteiger partial charge in [-0.3, -0.25) is 9.78 Å². The largest absolute Gasteiger partial charge is 0.379 e. The summed E-state index contributed by atoms with van der Waals surface area (Å²) in [6.07, 6.45) is 4.80. The van der Waals surface area contributed by atoms with Crippen molar-refractivity contribution in [1.29, 1.82) is 0 Å². The van der Waals surface area contributed by atoms with E-state index in [0.29, 0.717) is 25.5 Å². The third kappa shape index (κ3) is 4.37. The number of carbonyl (C=O) groups is 1. The molecule has 2 aliphatic heterocycles. The van der Waals surface area contributed by atoms with Gasteiger partial charge in [0, 0.05) is 37.9 Å². The van der Waals surface area contributed by atoms with Crippen LogP contribution in [0.3, 0.4) is 0 Å². The molecule has 3 rings (SSSR count). The number of carbonyl (C=O) groups excluding carboxylic acids is 1. The fourth-order valence-corrected chi connectivity index (χ4v) is 3.85. The van der Waals surface area contributed by atoms with Gasteiger partial charge in [-0.25, -0.2) is 0 Å². The number of aromatic nitrogens is 1. The molecule has 6 heteroatoms. The van der Waals surface area contributed by atoms with E-state index in [2.05, 4.69) is 9.88 Å². The average Bonchev–Trinajstić information content (AvgIpc) is 2.65. The Kier molecular flexibility index (Phi) is 6.04. The Morgan fingerprint density at radius 1 is 1.48 bits per heavy atom. The number of pyridine rings is 1. The topological polar surface area (TPSA) is 54.9 Å². The van der Waals surface area contributed by atoms with Crippen molar-refractivity contribution in [1.82, 2.24) is 14.8 Å². The molecule has 0 spiro atoms. The van der Waals surface area contributed by atoms with Crippen LogP contribution in [0, 0.1) is 5.41 Å². The van der Waals surface area contributed by atoms with Gasteiger partial charge in [0.2, 0.25) is 0 Å². The smallest absolute Gasteiger partial charge is 0.272 e. The Morgan fingerprint density at radius 3 is 3.12 bits per heavy atom. The van der Waals surface area contributed by atoms with Crippen LogP contribution >= 0.6 is 0 Å². The van der Waals surface area contributed by atoms with Crippen LogP contribution in [0.25, 0.3) is 0 Å². The number of nitrogens with zero attached hydrogens (tertiary/aromatic N) is 3. The molecule has 1 amide bonds. The number of likely N-dealkylation sites (tertiary alicyclic amines) is 1. The highest BCUT2D eigenvalue weighted by Crippen LogP contribution is 2.40. The molecule has 0 saturated carbocycles. The predicted octanol–water partition coefficient (Wildman–Crippen LogP) is 1.67. The maximum atomic E-state index is 12.8. The lowest BCUT2D eigenvalue weighted by Gasteiger charge is -2.50. The summed E-state index contributed by atoms with van der Waals surface area (Å²) >= 11 is 0. The number of rotatable bonds is 6. The maximum Gasteiger partial charge on any atom is 0.272 e. The summed E-state index contributed by atoms with van der Waals surface area (Å²) < 4.78 is 12.1. The zero-order valence-corrected chi connectivity index (χ0v) is 15.3. The third-order valence-corrected chi connectivity index (χ3v) is 5.23. The van der Waals surface area contributed by atoms with Crippen LogP contribution in [0.2, 0.25) is 0 Å². The van der Waals surface area contributed by atoms with E-state index in [1.165, 1.54) is 0 Å². The van der Waals surface area contributed by atoms with Crippen molar-refractivity contribution in [2.45, 2.75) is 25.4 Å². The van der Waals surface area contributed by atoms with E-state index in [0.717, 1.165) is 39.0 Å². The number of fused-ring (bicyclic) bond motifs is 1. The van der Waals surface area contributed by atoms with E-state index in [1.54, 1.807) is 12.3 Å². The van der Waals surface area contributed by atoms with Gasteiger partial charge in [-0.15, -0.1) is 0 Å². The Balaban J connectivity index is 1.67. The highest BCUT2D eigenvalue weighted by Gasteiger charge is 2.47. The fraction of sp³-hybridized carbons (Fsp3) is 0.684. The third-order valence-electron chi connectivity index (χ3n) is 5.23. The molecule has 3 heterocycles. The van der Waals surface area contributed by atoms with Gasteiger partial charge in [-0.05, 0) is 45.5 Å². The summed E-state index contributed by atoms with van der Waals surface area (Å²) in [6.45, 7) is 4.48. The van der Waals surface area contributed by atoms with Crippen LogP contribution in [0.15, 0.2) is 24.4 Å². The van der Waals surface area contributed by atoms with Gasteiger partial charge >= 0.3 is 0 Å².